The number of carbonyl (C=O) groups is 3. The molecule has 0 aliphatic carbocycles. The molecule has 188 valence electrons. The Bertz CT molecular complexity index is 1460. The number of benzene rings is 3. The first-order valence-electron chi connectivity index (χ1n) is 11.4. The zero-order valence-corrected chi connectivity index (χ0v) is 20.1. The standard InChI is InChI=1S/C28H23NO8/c1-33-21-8-4-6-16(27(21)34-2)12-22-26(32)18-9-10-20-25(28(18)37-22)19(13-24(31)36-20)15-5-3-7-17(11-15)35-14-23(29)30/h3-12,19H,13-14H2,1-2H3,(H2,29,30). The van der Waals surface area contributed by atoms with Crippen molar-refractivity contribution in [2.45, 2.75) is 12.3 Å². The summed E-state index contributed by atoms with van der Waals surface area (Å²) in [6.07, 6.45) is 1.63. The molecule has 1 amide bonds. The van der Waals surface area contributed by atoms with Crippen LogP contribution in [0.25, 0.3) is 6.08 Å². The predicted octanol–water partition coefficient (Wildman–Crippen LogP) is 3.63. The van der Waals surface area contributed by atoms with Gasteiger partial charge in [-0.3, -0.25) is 14.4 Å². The maximum Gasteiger partial charge on any atom is 0.312 e. The number of Topliss-reactive ketones (excluding diaryl/α,β-unsaturated/α-hetero) is 1. The van der Waals surface area contributed by atoms with E-state index in [-0.39, 0.29) is 24.6 Å². The average Bonchev–Trinajstić information content (AvgIpc) is 3.21. The summed E-state index contributed by atoms with van der Waals surface area (Å²) in [5.74, 6) is 0.354. The first-order chi connectivity index (χ1) is 17.9. The Hall–Kier alpha value is -4.79. The molecule has 0 saturated carbocycles. The lowest BCUT2D eigenvalue weighted by atomic mass is 9.84. The lowest BCUT2D eigenvalue weighted by molar-refractivity contribution is -0.135. The lowest BCUT2D eigenvalue weighted by Gasteiger charge is -2.26. The van der Waals surface area contributed by atoms with Gasteiger partial charge in [0.15, 0.2) is 23.9 Å². The third-order valence-electron chi connectivity index (χ3n) is 6.14. The van der Waals surface area contributed by atoms with Crippen LogP contribution in [0.1, 0.15) is 39.4 Å². The van der Waals surface area contributed by atoms with Crippen LogP contribution in [0, 0.1) is 0 Å². The van der Waals surface area contributed by atoms with Gasteiger partial charge in [0.25, 0.3) is 5.91 Å². The van der Waals surface area contributed by atoms with Gasteiger partial charge in [0.2, 0.25) is 5.78 Å². The summed E-state index contributed by atoms with van der Waals surface area (Å²) in [7, 11) is 3.05. The molecule has 9 nitrogen and oxygen atoms in total. The molecule has 1 unspecified atom stereocenters. The van der Waals surface area contributed by atoms with Crippen molar-refractivity contribution >= 4 is 23.7 Å². The fourth-order valence-electron chi connectivity index (χ4n) is 4.53. The zero-order chi connectivity index (χ0) is 26.1. The minimum Gasteiger partial charge on any atom is -0.493 e. The summed E-state index contributed by atoms with van der Waals surface area (Å²) in [5.41, 5.74) is 7.46. The zero-order valence-electron chi connectivity index (χ0n) is 20.1. The minimum atomic E-state index is -0.603. The predicted molar refractivity (Wildman–Crippen MR) is 132 cm³/mol. The molecule has 37 heavy (non-hydrogen) atoms. The van der Waals surface area contributed by atoms with Crippen molar-refractivity contribution in [2.24, 2.45) is 5.73 Å². The van der Waals surface area contributed by atoms with E-state index in [4.69, 9.17) is 29.4 Å². The number of hydrogen-bond donors (Lipinski definition) is 1. The lowest BCUT2D eigenvalue weighted by Crippen LogP contribution is -2.22. The topological polar surface area (TPSA) is 123 Å². The van der Waals surface area contributed by atoms with E-state index < -0.39 is 17.8 Å². The van der Waals surface area contributed by atoms with Crippen LogP contribution >= 0.6 is 0 Å². The Kier molecular flexibility index (Phi) is 6.27. The highest BCUT2D eigenvalue weighted by Gasteiger charge is 2.38. The smallest absolute Gasteiger partial charge is 0.312 e. The summed E-state index contributed by atoms with van der Waals surface area (Å²) in [5, 5.41) is 0. The third-order valence-corrected chi connectivity index (χ3v) is 6.14. The van der Waals surface area contributed by atoms with E-state index in [1.54, 1.807) is 54.6 Å². The first kappa shape index (κ1) is 23.9. The van der Waals surface area contributed by atoms with Gasteiger partial charge in [0.05, 0.1) is 26.2 Å². The molecule has 0 fully saturated rings. The Morgan fingerprint density at radius 1 is 1.05 bits per heavy atom. The average molecular weight is 501 g/mol. The summed E-state index contributed by atoms with van der Waals surface area (Å²) < 4.78 is 27.9. The van der Waals surface area contributed by atoms with Crippen LogP contribution in [-0.2, 0) is 9.59 Å². The molecule has 9 heteroatoms. The number of allylic oxidation sites excluding steroid dienone is 1. The molecule has 0 aromatic heterocycles. The molecule has 0 radical (unpaired) electrons. The maximum atomic E-state index is 13.3. The van der Waals surface area contributed by atoms with Crippen molar-refractivity contribution < 1.29 is 38.1 Å². The Balaban J connectivity index is 1.56. The number of carbonyl (C=O) groups excluding carboxylic acids is 3. The molecule has 3 aromatic carbocycles. The van der Waals surface area contributed by atoms with Crippen LogP contribution in [0.4, 0.5) is 0 Å². The van der Waals surface area contributed by atoms with Crippen LogP contribution in [0.3, 0.4) is 0 Å². The van der Waals surface area contributed by atoms with E-state index in [2.05, 4.69) is 0 Å². The molecular formula is C28H23NO8. The Labute approximate surface area is 212 Å². The van der Waals surface area contributed by atoms with Gasteiger partial charge in [0.1, 0.15) is 17.2 Å². The van der Waals surface area contributed by atoms with Crippen LogP contribution < -0.4 is 29.4 Å². The second-order valence-corrected chi connectivity index (χ2v) is 8.43. The van der Waals surface area contributed by atoms with Gasteiger partial charge >= 0.3 is 5.97 Å². The van der Waals surface area contributed by atoms with Gasteiger partial charge < -0.3 is 29.4 Å². The molecule has 5 rings (SSSR count). The fraction of sp³-hybridized carbons (Fsp3) is 0.179. The largest absolute Gasteiger partial charge is 0.493 e. The number of rotatable bonds is 7. The number of fused-ring (bicyclic) bond motifs is 3. The molecule has 2 aliphatic heterocycles. The SMILES string of the molecule is COc1cccc(C=C2Oc3c(ccc4c3C(c3cccc(OCC(N)=O)c3)CC(=O)O4)C2=O)c1OC. The minimum absolute atomic E-state index is 0.0308. The number of hydrogen-bond acceptors (Lipinski definition) is 8. The van der Waals surface area contributed by atoms with Crippen LogP contribution in [0.2, 0.25) is 0 Å². The van der Waals surface area contributed by atoms with Crippen molar-refractivity contribution in [3.63, 3.8) is 0 Å². The number of esters is 1. The first-order valence-corrected chi connectivity index (χ1v) is 11.4. The van der Waals surface area contributed by atoms with Gasteiger partial charge in [0, 0.05) is 17.0 Å². The summed E-state index contributed by atoms with van der Waals surface area (Å²) in [4.78, 5) is 36.9. The number of amides is 1. The molecular weight excluding hydrogens is 478 g/mol. The molecule has 2 N–H and O–H groups in total. The van der Waals surface area contributed by atoms with Crippen LogP contribution in [-0.4, -0.2) is 38.5 Å². The quantitative estimate of drug-likeness (QED) is 0.296. The van der Waals surface area contributed by atoms with Crippen molar-refractivity contribution in [3.05, 3.63) is 82.6 Å². The van der Waals surface area contributed by atoms with E-state index in [1.807, 2.05) is 6.07 Å². The Morgan fingerprint density at radius 3 is 2.62 bits per heavy atom. The second kappa shape index (κ2) is 9.69. The second-order valence-electron chi connectivity index (χ2n) is 8.43. The highest BCUT2D eigenvalue weighted by molar-refractivity contribution is 6.15. The van der Waals surface area contributed by atoms with E-state index >= 15 is 0 Å². The van der Waals surface area contributed by atoms with Crippen molar-refractivity contribution in [3.8, 4) is 28.7 Å². The van der Waals surface area contributed by atoms with Crippen molar-refractivity contribution in [1.82, 2.24) is 0 Å². The van der Waals surface area contributed by atoms with E-state index in [9.17, 15) is 14.4 Å². The maximum absolute atomic E-state index is 13.3. The molecule has 3 aromatic rings. The van der Waals surface area contributed by atoms with Crippen LogP contribution in [0.5, 0.6) is 28.7 Å². The fourth-order valence-corrected chi connectivity index (χ4v) is 4.53. The number of nitrogens with two attached hydrogens (primary N) is 1. The number of methoxy groups -OCH3 is 2. The summed E-state index contributed by atoms with van der Waals surface area (Å²) >= 11 is 0. The molecule has 0 saturated heterocycles. The van der Waals surface area contributed by atoms with Gasteiger partial charge in [-0.05, 0) is 42.0 Å². The molecule has 2 heterocycles. The molecule has 1 atom stereocenters. The third kappa shape index (κ3) is 4.47. The van der Waals surface area contributed by atoms with Gasteiger partial charge in [-0.15, -0.1) is 0 Å². The van der Waals surface area contributed by atoms with E-state index in [1.165, 1.54) is 14.2 Å². The highest BCUT2D eigenvalue weighted by atomic mass is 16.5. The number of primary amides is 1. The summed E-state index contributed by atoms with van der Waals surface area (Å²) in [6, 6.07) is 15.5. The summed E-state index contributed by atoms with van der Waals surface area (Å²) in [6.45, 7) is -0.276. The molecule has 0 spiro atoms. The number of ether oxygens (including phenoxy) is 5. The van der Waals surface area contributed by atoms with Gasteiger partial charge in [-0.2, -0.15) is 0 Å². The number of ketones is 1. The normalized spacial score (nSPS) is 16.9. The monoisotopic (exact) mass is 501 g/mol. The number of para-hydroxylation sites is 1. The Morgan fingerprint density at radius 2 is 1.86 bits per heavy atom. The van der Waals surface area contributed by atoms with Crippen LogP contribution in [0.15, 0.2) is 60.4 Å². The molecule has 0 bridgehead atoms. The van der Waals surface area contributed by atoms with Crippen molar-refractivity contribution in [2.75, 3.05) is 20.8 Å². The highest BCUT2D eigenvalue weighted by Crippen LogP contribution is 2.49. The van der Waals surface area contributed by atoms with Crippen molar-refractivity contribution in [1.29, 1.82) is 0 Å². The molecule has 2 aliphatic rings. The van der Waals surface area contributed by atoms with Gasteiger partial charge in [-0.1, -0.05) is 24.3 Å². The van der Waals surface area contributed by atoms with Gasteiger partial charge in [-0.25, -0.2) is 0 Å². The van der Waals surface area contributed by atoms with E-state index in [0.717, 1.165) is 5.56 Å². The van der Waals surface area contributed by atoms with E-state index in [0.29, 0.717) is 45.4 Å².